The summed E-state index contributed by atoms with van der Waals surface area (Å²) in [5.41, 5.74) is -0.721. The number of aromatic nitrogens is 1. The summed E-state index contributed by atoms with van der Waals surface area (Å²) in [6.07, 6.45) is -3.42. The van der Waals surface area contributed by atoms with Crippen LogP contribution in [0.2, 0.25) is 0 Å². The van der Waals surface area contributed by atoms with Gasteiger partial charge in [-0.05, 0) is 6.07 Å². The summed E-state index contributed by atoms with van der Waals surface area (Å²) in [6, 6.07) is 1.91. The number of rotatable bonds is 3. The number of nitrogens with one attached hydrogen (secondary N) is 4. The summed E-state index contributed by atoms with van der Waals surface area (Å²) in [5, 5.41) is 4.51. The first kappa shape index (κ1) is 18.0. The average Bonchev–Trinajstić information content (AvgIpc) is 2.54. The molecule has 0 bridgehead atoms. The highest BCUT2D eigenvalue weighted by Gasteiger charge is 2.33. The number of carbonyl (C=O) groups is 2. The Bertz CT molecular complexity index is 583. The minimum Gasteiger partial charge on any atom is -0.341 e. The van der Waals surface area contributed by atoms with Crippen molar-refractivity contribution in [2.75, 3.05) is 44.7 Å². The minimum atomic E-state index is -4.37. The van der Waals surface area contributed by atoms with Gasteiger partial charge in [0.2, 0.25) is 0 Å². The molecule has 3 amide bonds. The van der Waals surface area contributed by atoms with Crippen LogP contribution in [0.4, 0.5) is 23.8 Å². The molecule has 0 saturated carbocycles. The number of pyridine rings is 1. The van der Waals surface area contributed by atoms with Gasteiger partial charge in [-0.1, -0.05) is 0 Å². The van der Waals surface area contributed by atoms with Gasteiger partial charge >= 0.3 is 12.2 Å². The number of aromatic amines is 1. The molecule has 4 N–H and O–H groups in total. The van der Waals surface area contributed by atoms with Crippen molar-refractivity contribution >= 4 is 17.8 Å². The van der Waals surface area contributed by atoms with E-state index in [4.69, 9.17) is 0 Å². The topological polar surface area (TPSA) is 80.0 Å². The Balaban J connectivity index is 1.84. The van der Waals surface area contributed by atoms with Crippen molar-refractivity contribution in [2.45, 2.75) is 6.18 Å². The Morgan fingerprint density at radius 3 is 2.46 bits per heavy atom. The molecule has 0 atom stereocenters. The lowest BCUT2D eigenvalue weighted by atomic mass is 10.2. The quantitative estimate of drug-likeness (QED) is 0.635. The monoisotopic (exact) mass is 347 g/mol. The maximum absolute atomic E-state index is 12.5. The van der Waals surface area contributed by atoms with Gasteiger partial charge < -0.3 is 10.2 Å². The van der Waals surface area contributed by atoms with Crippen LogP contribution in [-0.4, -0.2) is 51.7 Å². The fourth-order valence-corrected chi connectivity index (χ4v) is 2.49. The van der Waals surface area contributed by atoms with Gasteiger partial charge in [0.1, 0.15) is 32.4 Å². The Morgan fingerprint density at radius 1 is 1.29 bits per heavy atom. The minimum absolute atomic E-state index is 0.179. The van der Waals surface area contributed by atoms with Crippen LogP contribution < -0.4 is 25.4 Å². The number of alkyl halides is 3. The van der Waals surface area contributed by atoms with Crippen LogP contribution in [-0.2, 0) is 11.0 Å². The number of hydrogen-bond donors (Lipinski definition) is 3. The summed E-state index contributed by atoms with van der Waals surface area (Å²) in [4.78, 5) is 28.3. The maximum atomic E-state index is 12.5. The van der Waals surface area contributed by atoms with Crippen LogP contribution in [0.3, 0.4) is 0 Å². The average molecular weight is 347 g/mol. The van der Waals surface area contributed by atoms with Crippen molar-refractivity contribution in [1.29, 1.82) is 0 Å². The molecule has 1 aromatic rings. The third-order valence-corrected chi connectivity index (χ3v) is 3.83. The van der Waals surface area contributed by atoms with Crippen molar-refractivity contribution in [3.63, 3.8) is 0 Å². The van der Waals surface area contributed by atoms with Gasteiger partial charge in [0.15, 0.2) is 6.54 Å². The number of quaternary nitrogens is 1. The number of nitrogens with zero attached hydrogens (tertiary/aromatic N) is 1. The highest BCUT2D eigenvalue weighted by Crippen LogP contribution is 2.28. The molecule has 132 valence electrons. The molecule has 0 radical (unpaired) electrons. The third-order valence-electron chi connectivity index (χ3n) is 3.83. The van der Waals surface area contributed by atoms with Gasteiger partial charge in [0.25, 0.3) is 11.7 Å². The Kier molecular flexibility index (Phi) is 5.60. The van der Waals surface area contributed by atoms with Gasteiger partial charge in [-0.2, -0.15) is 13.2 Å². The Labute approximate surface area is 136 Å². The number of hydrogen-bond acceptors (Lipinski definition) is 3. The maximum Gasteiger partial charge on any atom is 0.419 e. The van der Waals surface area contributed by atoms with E-state index < -0.39 is 17.8 Å². The number of carbonyl (C=O) groups excluding carboxylic acids is 2. The molecule has 1 aliphatic heterocycles. The van der Waals surface area contributed by atoms with Crippen molar-refractivity contribution in [2.24, 2.45) is 0 Å². The van der Waals surface area contributed by atoms with Crippen molar-refractivity contribution in [3.05, 3.63) is 23.9 Å². The normalized spacial score (nSPS) is 15.9. The zero-order valence-electron chi connectivity index (χ0n) is 13.2. The first-order valence-electron chi connectivity index (χ1n) is 7.48. The van der Waals surface area contributed by atoms with Crippen molar-refractivity contribution < 1.29 is 32.6 Å². The number of halogens is 3. The van der Waals surface area contributed by atoms with E-state index in [0.29, 0.717) is 32.0 Å². The fourth-order valence-electron chi connectivity index (χ4n) is 2.49. The number of amides is 3. The molecule has 0 aromatic carbocycles. The van der Waals surface area contributed by atoms with Crippen LogP contribution in [0.25, 0.3) is 0 Å². The fraction of sp³-hybridized carbons (Fsp3) is 0.500. The highest BCUT2D eigenvalue weighted by molar-refractivity contribution is 5.94. The van der Waals surface area contributed by atoms with Crippen LogP contribution in [0.1, 0.15) is 5.56 Å². The van der Waals surface area contributed by atoms with E-state index in [1.807, 2.05) is 4.90 Å². The molecule has 2 heterocycles. The molecule has 1 aromatic heterocycles. The molecule has 2 rings (SSSR count). The van der Waals surface area contributed by atoms with Crippen molar-refractivity contribution in [3.8, 4) is 0 Å². The lowest BCUT2D eigenvalue weighted by molar-refractivity contribution is -0.892. The summed E-state index contributed by atoms with van der Waals surface area (Å²) >= 11 is 0. The second kappa shape index (κ2) is 7.47. The molecule has 7 nitrogen and oxygen atoms in total. The second-order valence-corrected chi connectivity index (χ2v) is 5.50. The van der Waals surface area contributed by atoms with E-state index in [2.05, 4.69) is 15.6 Å². The number of urea groups is 1. The van der Waals surface area contributed by atoms with Crippen LogP contribution in [0.5, 0.6) is 0 Å². The molecule has 0 aliphatic carbocycles. The molecule has 1 aliphatic rings. The van der Waals surface area contributed by atoms with E-state index in [1.54, 1.807) is 0 Å². The van der Waals surface area contributed by atoms with Gasteiger partial charge in [-0.25, -0.2) is 9.78 Å². The summed E-state index contributed by atoms with van der Waals surface area (Å²) in [5.74, 6) is 0.246. The summed E-state index contributed by atoms with van der Waals surface area (Å²) in [6.45, 7) is 2.68. The Hall–Kier alpha value is -2.36. The molecule has 1 saturated heterocycles. The standard InChI is InChI=1S/C14H18F3N5O2/c1-18-13(24)20-12(23)9-21-4-6-22(7-5-21)11-3-2-10(8-19-11)14(15,16)17/h2-3,8H,4-7,9H2,1H3,(H2,18,20,23,24)/p+2. The van der Waals surface area contributed by atoms with E-state index in [0.717, 1.165) is 17.2 Å². The smallest absolute Gasteiger partial charge is 0.341 e. The number of anilines is 1. The van der Waals surface area contributed by atoms with E-state index in [9.17, 15) is 22.8 Å². The zero-order valence-corrected chi connectivity index (χ0v) is 13.2. The SMILES string of the molecule is CNC(=O)NC(=O)C[NH+]1CCN(c2ccc(C(F)(F)F)c[nH+]2)CC1. The second-order valence-electron chi connectivity index (χ2n) is 5.50. The third kappa shape index (κ3) is 4.82. The zero-order chi connectivity index (χ0) is 17.7. The van der Waals surface area contributed by atoms with E-state index >= 15 is 0 Å². The molecule has 0 unspecified atom stereocenters. The predicted molar refractivity (Wildman–Crippen MR) is 78.4 cm³/mol. The molecule has 10 heteroatoms. The highest BCUT2D eigenvalue weighted by atomic mass is 19.4. The van der Waals surface area contributed by atoms with Crippen LogP contribution in [0.15, 0.2) is 18.3 Å². The van der Waals surface area contributed by atoms with Crippen LogP contribution >= 0.6 is 0 Å². The lowest BCUT2D eigenvalue weighted by Crippen LogP contribution is -3.16. The molecule has 0 spiro atoms. The Morgan fingerprint density at radius 2 is 1.96 bits per heavy atom. The van der Waals surface area contributed by atoms with Crippen LogP contribution in [0, 0.1) is 0 Å². The van der Waals surface area contributed by atoms with Gasteiger partial charge in [0.05, 0.1) is 5.56 Å². The lowest BCUT2D eigenvalue weighted by Gasteiger charge is -2.27. The summed E-state index contributed by atoms with van der Waals surface area (Å²) in [7, 11) is 1.43. The first-order valence-corrected chi connectivity index (χ1v) is 7.48. The number of H-pyrrole nitrogens is 1. The number of imide groups is 1. The van der Waals surface area contributed by atoms with E-state index in [1.165, 1.54) is 13.1 Å². The largest absolute Gasteiger partial charge is 0.419 e. The predicted octanol–water partition coefficient (Wildman–Crippen LogP) is -1.32. The molecule has 1 fully saturated rings. The molecular weight excluding hydrogens is 327 g/mol. The van der Waals surface area contributed by atoms with Crippen molar-refractivity contribution in [1.82, 2.24) is 10.6 Å². The van der Waals surface area contributed by atoms with Gasteiger partial charge in [0, 0.05) is 13.1 Å². The molecular formula is C14H20F3N5O2+2. The first-order chi connectivity index (χ1) is 11.3. The van der Waals surface area contributed by atoms with E-state index in [-0.39, 0.29) is 12.5 Å². The summed E-state index contributed by atoms with van der Waals surface area (Å²) < 4.78 is 37.6. The molecule has 24 heavy (non-hydrogen) atoms. The number of piperazine rings is 1. The van der Waals surface area contributed by atoms with Gasteiger partial charge in [-0.3, -0.25) is 15.0 Å². The van der Waals surface area contributed by atoms with Gasteiger partial charge in [-0.15, -0.1) is 0 Å².